The van der Waals surface area contributed by atoms with Gasteiger partial charge in [0.2, 0.25) is 5.91 Å². The molecule has 0 bridgehead atoms. The molecule has 0 aromatic heterocycles. The van der Waals surface area contributed by atoms with E-state index < -0.39 is 17.7 Å². The van der Waals surface area contributed by atoms with Gasteiger partial charge in [-0.15, -0.1) is 0 Å². The molecule has 0 saturated carbocycles. The van der Waals surface area contributed by atoms with E-state index in [4.69, 9.17) is 5.11 Å². The quantitative estimate of drug-likeness (QED) is 0.861. The number of nitrogens with zero attached hydrogens (tertiary/aromatic N) is 1. The SMILES string of the molecule is CC(O)CCN(C)C(=O)CCc1ccc(F)c(F)c1. The molecule has 106 valence electrons. The highest BCUT2D eigenvalue weighted by molar-refractivity contribution is 5.76. The average molecular weight is 271 g/mol. The third-order valence-electron chi connectivity index (χ3n) is 2.92. The normalized spacial score (nSPS) is 12.3. The largest absolute Gasteiger partial charge is 0.393 e. The van der Waals surface area contributed by atoms with Crippen molar-refractivity contribution in [2.45, 2.75) is 32.3 Å². The van der Waals surface area contributed by atoms with Crippen molar-refractivity contribution in [1.82, 2.24) is 4.90 Å². The first-order valence-electron chi connectivity index (χ1n) is 6.26. The number of carbonyl (C=O) groups excluding carboxylic acids is 1. The zero-order chi connectivity index (χ0) is 14.4. The number of carbonyl (C=O) groups is 1. The lowest BCUT2D eigenvalue weighted by Crippen LogP contribution is -2.29. The Morgan fingerprint density at radius 3 is 2.63 bits per heavy atom. The van der Waals surface area contributed by atoms with Crippen LogP contribution in [0, 0.1) is 11.6 Å². The van der Waals surface area contributed by atoms with E-state index in [2.05, 4.69) is 0 Å². The molecule has 5 heteroatoms. The Bertz CT molecular complexity index is 435. The summed E-state index contributed by atoms with van der Waals surface area (Å²) in [6.07, 6.45) is 0.686. The molecule has 0 heterocycles. The summed E-state index contributed by atoms with van der Waals surface area (Å²) >= 11 is 0. The van der Waals surface area contributed by atoms with Crippen LogP contribution in [-0.2, 0) is 11.2 Å². The van der Waals surface area contributed by atoms with Gasteiger partial charge in [-0.3, -0.25) is 4.79 Å². The van der Waals surface area contributed by atoms with Gasteiger partial charge in [-0.2, -0.15) is 0 Å². The molecule has 1 atom stereocenters. The van der Waals surface area contributed by atoms with Gasteiger partial charge in [-0.1, -0.05) is 6.07 Å². The second kappa shape index (κ2) is 7.19. The van der Waals surface area contributed by atoms with Gasteiger partial charge in [0, 0.05) is 20.0 Å². The van der Waals surface area contributed by atoms with E-state index in [1.807, 2.05) is 0 Å². The van der Waals surface area contributed by atoms with Gasteiger partial charge < -0.3 is 10.0 Å². The first-order chi connectivity index (χ1) is 8.90. The Morgan fingerprint density at radius 1 is 1.37 bits per heavy atom. The van der Waals surface area contributed by atoms with Crippen molar-refractivity contribution in [3.05, 3.63) is 35.4 Å². The van der Waals surface area contributed by atoms with Crippen LogP contribution in [0.4, 0.5) is 8.78 Å². The van der Waals surface area contributed by atoms with Crippen LogP contribution in [0.15, 0.2) is 18.2 Å². The summed E-state index contributed by atoms with van der Waals surface area (Å²) in [7, 11) is 1.66. The fraction of sp³-hybridized carbons (Fsp3) is 0.500. The molecule has 1 amide bonds. The van der Waals surface area contributed by atoms with E-state index >= 15 is 0 Å². The van der Waals surface area contributed by atoms with Crippen LogP contribution in [0.5, 0.6) is 0 Å². The van der Waals surface area contributed by atoms with E-state index in [9.17, 15) is 13.6 Å². The molecule has 0 aliphatic heterocycles. The average Bonchev–Trinajstić information content (AvgIpc) is 2.36. The summed E-state index contributed by atoms with van der Waals surface area (Å²) < 4.78 is 25.7. The van der Waals surface area contributed by atoms with Crippen LogP contribution < -0.4 is 0 Å². The second-order valence-electron chi connectivity index (χ2n) is 4.70. The van der Waals surface area contributed by atoms with Crippen LogP contribution >= 0.6 is 0 Å². The van der Waals surface area contributed by atoms with Crippen LogP contribution in [0.2, 0.25) is 0 Å². The lowest BCUT2D eigenvalue weighted by atomic mass is 10.1. The maximum atomic E-state index is 13.0. The Balaban J connectivity index is 2.42. The van der Waals surface area contributed by atoms with Crippen molar-refractivity contribution in [2.75, 3.05) is 13.6 Å². The molecule has 1 unspecified atom stereocenters. The highest BCUT2D eigenvalue weighted by Gasteiger charge is 2.10. The number of hydrogen-bond acceptors (Lipinski definition) is 2. The van der Waals surface area contributed by atoms with Gasteiger partial charge in [0.15, 0.2) is 11.6 Å². The number of aryl methyl sites for hydroxylation is 1. The van der Waals surface area contributed by atoms with Crippen LogP contribution in [0.25, 0.3) is 0 Å². The molecule has 1 aromatic carbocycles. The molecule has 0 aliphatic carbocycles. The Labute approximate surface area is 111 Å². The first-order valence-corrected chi connectivity index (χ1v) is 6.26. The standard InChI is InChI=1S/C14H19F2NO2/c1-10(18)7-8-17(2)14(19)6-4-11-3-5-12(15)13(16)9-11/h3,5,9-10,18H,4,6-8H2,1-2H3. The molecule has 3 nitrogen and oxygen atoms in total. The van der Waals surface area contributed by atoms with Gasteiger partial charge in [-0.25, -0.2) is 8.78 Å². The van der Waals surface area contributed by atoms with Gasteiger partial charge in [-0.05, 0) is 37.5 Å². The summed E-state index contributed by atoms with van der Waals surface area (Å²) in [5.41, 5.74) is 0.594. The number of aliphatic hydroxyl groups is 1. The predicted molar refractivity (Wildman–Crippen MR) is 68.6 cm³/mol. The number of hydrogen-bond donors (Lipinski definition) is 1. The summed E-state index contributed by atoms with van der Waals surface area (Å²) in [4.78, 5) is 13.3. The zero-order valence-electron chi connectivity index (χ0n) is 11.2. The van der Waals surface area contributed by atoms with E-state index in [0.717, 1.165) is 12.1 Å². The predicted octanol–water partition coefficient (Wildman–Crippen LogP) is 2.13. The molecule has 0 radical (unpaired) electrons. The monoisotopic (exact) mass is 271 g/mol. The second-order valence-corrected chi connectivity index (χ2v) is 4.70. The Kier molecular flexibility index (Phi) is 5.89. The Morgan fingerprint density at radius 2 is 2.05 bits per heavy atom. The third kappa shape index (κ3) is 5.34. The van der Waals surface area contributed by atoms with Crippen molar-refractivity contribution in [3.63, 3.8) is 0 Å². The lowest BCUT2D eigenvalue weighted by Gasteiger charge is -2.18. The molecule has 0 spiro atoms. The van der Waals surface area contributed by atoms with Gasteiger partial charge in [0.05, 0.1) is 6.10 Å². The fourth-order valence-corrected chi connectivity index (χ4v) is 1.64. The van der Waals surface area contributed by atoms with Gasteiger partial charge in [0.1, 0.15) is 0 Å². The Hall–Kier alpha value is -1.49. The van der Waals surface area contributed by atoms with Crippen LogP contribution in [0.1, 0.15) is 25.3 Å². The van der Waals surface area contributed by atoms with Gasteiger partial charge >= 0.3 is 0 Å². The van der Waals surface area contributed by atoms with Crippen molar-refractivity contribution in [1.29, 1.82) is 0 Å². The number of rotatable bonds is 6. The number of aliphatic hydroxyl groups excluding tert-OH is 1. The molecule has 0 fully saturated rings. The van der Waals surface area contributed by atoms with Crippen molar-refractivity contribution >= 4 is 5.91 Å². The van der Waals surface area contributed by atoms with Crippen LogP contribution in [-0.4, -0.2) is 35.6 Å². The minimum Gasteiger partial charge on any atom is -0.393 e. The summed E-state index contributed by atoms with van der Waals surface area (Å²) in [5.74, 6) is -1.86. The lowest BCUT2D eigenvalue weighted by molar-refractivity contribution is -0.130. The topological polar surface area (TPSA) is 40.5 Å². The molecule has 1 rings (SSSR count). The molecule has 0 saturated heterocycles. The fourth-order valence-electron chi connectivity index (χ4n) is 1.64. The summed E-state index contributed by atoms with van der Waals surface area (Å²) in [5, 5.41) is 9.13. The minimum absolute atomic E-state index is 0.0783. The third-order valence-corrected chi connectivity index (χ3v) is 2.92. The summed E-state index contributed by atoms with van der Waals surface area (Å²) in [6, 6.07) is 3.65. The molecule has 0 aliphatic rings. The van der Waals surface area contributed by atoms with Crippen molar-refractivity contribution in [3.8, 4) is 0 Å². The maximum absolute atomic E-state index is 13.0. The van der Waals surface area contributed by atoms with E-state index in [-0.39, 0.29) is 12.3 Å². The number of halogens is 2. The molecular formula is C14H19F2NO2. The maximum Gasteiger partial charge on any atom is 0.222 e. The molecule has 19 heavy (non-hydrogen) atoms. The van der Waals surface area contributed by atoms with Crippen molar-refractivity contribution in [2.24, 2.45) is 0 Å². The first kappa shape index (κ1) is 15.6. The number of amides is 1. The molecule has 1 N–H and O–H groups in total. The summed E-state index contributed by atoms with van der Waals surface area (Å²) in [6.45, 7) is 2.15. The van der Waals surface area contributed by atoms with E-state index in [0.29, 0.717) is 24.9 Å². The van der Waals surface area contributed by atoms with E-state index in [1.54, 1.807) is 14.0 Å². The van der Waals surface area contributed by atoms with Gasteiger partial charge in [0.25, 0.3) is 0 Å². The minimum atomic E-state index is -0.896. The number of benzene rings is 1. The highest BCUT2D eigenvalue weighted by Crippen LogP contribution is 2.11. The molecule has 1 aromatic rings. The van der Waals surface area contributed by atoms with Crippen LogP contribution in [0.3, 0.4) is 0 Å². The highest BCUT2D eigenvalue weighted by atomic mass is 19.2. The smallest absolute Gasteiger partial charge is 0.222 e. The van der Waals surface area contributed by atoms with E-state index in [1.165, 1.54) is 11.0 Å². The van der Waals surface area contributed by atoms with Crippen molar-refractivity contribution < 1.29 is 18.7 Å². The zero-order valence-corrected chi connectivity index (χ0v) is 11.2. The molecular weight excluding hydrogens is 252 g/mol.